The first-order valence-electron chi connectivity index (χ1n) is 8.93. The molecule has 3 atom stereocenters. The van der Waals surface area contributed by atoms with E-state index in [-0.39, 0.29) is 11.3 Å². The fraction of sp³-hybridized carbons (Fsp3) is 0.684. The first kappa shape index (κ1) is 17.7. The Morgan fingerprint density at radius 1 is 1.42 bits per heavy atom. The van der Waals surface area contributed by atoms with E-state index in [4.69, 9.17) is 4.74 Å². The molecular weight excluding hydrogens is 320 g/mol. The van der Waals surface area contributed by atoms with Gasteiger partial charge in [0.25, 0.3) is 0 Å². The maximum atomic E-state index is 12.9. The van der Waals surface area contributed by atoms with Gasteiger partial charge in [0.1, 0.15) is 0 Å². The molecule has 0 spiro atoms. The molecule has 1 aromatic rings. The van der Waals surface area contributed by atoms with Crippen molar-refractivity contribution in [2.24, 2.45) is 11.3 Å². The number of hydrogen-bond donors (Lipinski definition) is 0. The molecule has 1 saturated carbocycles. The van der Waals surface area contributed by atoms with Crippen LogP contribution in [0.25, 0.3) is 0 Å². The van der Waals surface area contributed by atoms with Gasteiger partial charge in [-0.1, -0.05) is 20.8 Å². The Morgan fingerprint density at radius 3 is 2.88 bits per heavy atom. The lowest BCUT2D eigenvalue weighted by Gasteiger charge is -2.58. The fourth-order valence-corrected chi connectivity index (χ4v) is 5.28. The van der Waals surface area contributed by atoms with E-state index in [9.17, 15) is 4.79 Å². The van der Waals surface area contributed by atoms with Crippen LogP contribution < -0.4 is 0 Å². The molecular formula is C19H28N2O2S. The number of thioether (sulfide) groups is 1. The Bertz CT molecular complexity index is 564. The van der Waals surface area contributed by atoms with Gasteiger partial charge in [0.05, 0.1) is 11.9 Å². The zero-order chi connectivity index (χ0) is 17.2. The Hall–Kier alpha value is -1.07. The Kier molecular flexibility index (Phi) is 5.50. The van der Waals surface area contributed by atoms with Crippen LogP contribution in [0.1, 0.15) is 39.2 Å². The summed E-state index contributed by atoms with van der Waals surface area (Å²) in [6.45, 7) is 8.36. The van der Waals surface area contributed by atoms with Crippen molar-refractivity contribution >= 4 is 17.7 Å². The zero-order valence-corrected chi connectivity index (χ0v) is 15.7. The zero-order valence-electron chi connectivity index (χ0n) is 14.9. The molecule has 1 aromatic heterocycles. The molecule has 0 bridgehead atoms. The average molecular weight is 349 g/mol. The van der Waals surface area contributed by atoms with Crippen molar-refractivity contribution in [1.82, 2.24) is 9.88 Å². The molecule has 0 N–H and O–H groups in total. The molecule has 0 radical (unpaired) electrons. The first-order chi connectivity index (χ1) is 11.6. The summed E-state index contributed by atoms with van der Waals surface area (Å²) >= 11 is 1.70. The molecule has 2 fully saturated rings. The van der Waals surface area contributed by atoms with Crippen molar-refractivity contribution in [3.05, 3.63) is 30.1 Å². The summed E-state index contributed by atoms with van der Waals surface area (Å²) in [5.74, 6) is 2.21. The van der Waals surface area contributed by atoms with Crippen molar-refractivity contribution in [2.45, 2.75) is 51.5 Å². The highest BCUT2D eigenvalue weighted by Gasteiger charge is 2.61. The molecule has 5 heteroatoms. The highest BCUT2D eigenvalue weighted by atomic mass is 32.2. The van der Waals surface area contributed by atoms with Crippen molar-refractivity contribution in [1.29, 1.82) is 0 Å². The van der Waals surface area contributed by atoms with Crippen LogP contribution in [0.4, 0.5) is 0 Å². The van der Waals surface area contributed by atoms with Gasteiger partial charge in [0.15, 0.2) is 0 Å². The number of fused-ring (bicyclic) bond motifs is 1. The topological polar surface area (TPSA) is 42.4 Å². The Balaban J connectivity index is 1.59. The lowest BCUT2D eigenvalue weighted by molar-refractivity contribution is -0.169. The summed E-state index contributed by atoms with van der Waals surface area (Å²) in [7, 11) is 0. The average Bonchev–Trinajstić information content (AvgIpc) is 3.02. The van der Waals surface area contributed by atoms with Gasteiger partial charge in [-0.25, -0.2) is 0 Å². The quantitative estimate of drug-likeness (QED) is 0.758. The number of aromatic nitrogens is 1. The standard InChI is InChI=1S/C19H28N2O2S/c1-4-10-21(17-15-7-11-23-18(15)19(17,2)3)16(22)13-24-12-14-5-8-20-9-6-14/h5-6,8-9,15,17-18H,4,7,10-13H2,1-3H3. The van der Waals surface area contributed by atoms with E-state index in [1.165, 1.54) is 5.56 Å². The SMILES string of the molecule is CCCN(C(=O)CSCc1ccncc1)C1C2CCOC2C1(C)C. The number of carbonyl (C=O) groups is 1. The minimum atomic E-state index is 0.0712. The van der Waals surface area contributed by atoms with Crippen LogP contribution >= 0.6 is 11.8 Å². The summed E-state index contributed by atoms with van der Waals surface area (Å²) in [4.78, 5) is 19.1. The van der Waals surface area contributed by atoms with Gasteiger partial charge < -0.3 is 9.64 Å². The van der Waals surface area contributed by atoms with Crippen LogP contribution in [0.15, 0.2) is 24.5 Å². The van der Waals surface area contributed by atoms with Gasteiger partial charge in [-0.3, -0.25) is 9.78 Å². The molecule has 1 saturated heterocycles. The molecule has 2 aliphatic rings. The smallest absolute Gasteiger partial charge is 0.232 e. The van der Waals surface area contributed by atoms with E-state index < -0.39 is 0 Å². The monoisotopic (exact) mass is 348 g/mol. The third-order valence-electron chi connectivity index (χ3n) is 5.40. The highest BCUT2D eigenvalue weighted by Crippen LogP contribution is 2.54. The number of carbonyl (C=O) groups excluding carboxylic acids is 1. The van der Waals surface area contributed by atoms with E-state index in [0.717, 1.165) is 31.7 Å². The second kappa shape index (κ2) is 7.44. The predicted molar refractivity (Wildman–Crippen MR) is 97.8 cm³/mol. The van der Waals surface area contributed by atoms with Gasteiger partial charge >= 0.3 is 0 Å². The Labute approximate surface area is 149 Å². The van der Waals surface area contributed by atoms with Crippen LogP contribution in [0.5, 0.6) is 0 Å². The number of nitrogens with zero attached hydrogens (tertiary/aromatic N) is 2. The molecule has 3 rings (SSSR count). The third kappa shape index (κ3) is 3.33. The molecule has 132 valence electrons. The summed E-state index contributed by atoms with van der Waals surface area (Å²) in [5, 5.41) is 0. The van der Waals surface area contributed by atoms with E-state index in [1.807, 2.05) is 12.1 Å². The van der Waals surface area contributed by atoms with Crippen LogP contribution in [0.2, 0.25) is 0 Å². The number of pyridine rings is 1. The molecule has 1 aliphatic carbocycles. The minimum absolute atomic E-state index is 0.0712. The third-order valence-corrected chi connectivity index (χ3v) is 6.39. The number of hydrogen-bond acceptors (Lipinski definition) is 4. The maximum Gasteiger partial charge on any atom is 0.232 e. The van der Waals surface area contributed by atoms with Crippen LogP contribution in [-0.4, -0.2) is 46.8 Å². The number of amides is 1. The van der Waals surface area contributed by atoms with E-state index in [1.54, 1.807) is 24.2 Å². The van der Waals surface area contributed by atoms with Crippen LogP contribution in [0.3, 0.4) is 0 Å². The number of ether oxygens (including phenoxy) is 1. The second-order valence-corrected chi connectivity index (χ2v) is 8.43. The van der Waals surface area contributed by atoms with Gasteiger partial charge in [0, 0.05) is 48.7 Å². The molecule has 24 heavy (non-hydrogen) atoms. The minimum Gasteiger partial charge on any atom is -0.377 e. The summed E-state index contributed by atoms with van der Waals surface area (Å²) in [5.41, 5.74) is 1.29. The largest absolute Gasteiger partial charge is 0.377 e. The molecule has 2 heterocycles. The highest BCUT2D eigenvalue weighted by molar-refractivity contribution is 7.99. The van der Waals surface area contributed by atoms with Crippen LogP contribution in [-0.2, 0) is 15.3 Å². The fourth-order valence-electron chi connectivity index (χ4n) is 4.41. The second-order valence-electron chi connectivity index (χ2n) is 7.45. The lowest BCUT2D eigenvalue weighted by atomic mass is 9.56. The molecule has 4 nitrogen and oxygen atoms in total. The Morgan fingerprint density at radius 2 is 2.17 bits per heavy atom. The first-order valence-corrected chi connectivity index (χ1v) is 10.1. The van der Waals surface area contributed by atoms with Gasteiger partial charge in [0.2, 0.25) is 5.91 Å². The van der Waals surface area contributed by atoms with Crippen LogP contribution in [0, 0.1) is 11.3 Å². The van der Waals surface area contributed by atoms with Gasteiger partial charge in [-0.05, 0) is 30.5 Å². The van der Waals surface area contributed by atoms with E-state index in [0.29, 0.717) is 23.8 Å². The molecule has 1 aliphatic heterocycles. The molecule has 1 amide bonds. The van der Waals surface area contributed by atoms with E-state index >= 15 is 0 Å². The molecule has 3 unspecified atom stereocenters. The summed E-state index contributed by atoms with van der Waals surface area (Å²) in [6, 6.07) is 4.35. The van der Waals surface area contributed by atoms with Gasteiger partial charge in [-0.2, -0.15) is 0 Å². The summed E-state index contributed by atoms with van der Waals surface area (Å²) < 4.78 is 5.90. The summed E-state index contributed by atoms with van der Waals surface area (Å²) in [6.07, 6.45) is 6.04. The number of rotatable bonds is 7. The molecule has 0 aromatic carbocycles. The normalized spacial score (nSPS) is 27.4. The van der Waals surface area contributed by atoms with Gasteiger partial charge in [-0.15, -0.1) is 11.8 Å². The van der Waals surface area contributed by atoms with Crippen molar-refractivity contribution in [2.75, 3.05) is 18.9 Å². The van der Waals surface area contributed by atoms with E-state index in [2.05, 4.69) is 30.7 Å². The lowest BCUT2D eigenvalue weighted by Crippen LogP contribution is -2.68. The van der Waals surface area contributed by atoms with Crippen molar-refractivity contribution in [3.63, 3.8) is 0 Å². The van der Waals surface area contributed by atoms with Crippen molar-refractivity contribution < 1.29 is 9.53 Å². The predicted octanol–water partition coefficient (Wildman–Crippen LogP) is 3.37. The van der Waals surface area contributed by atoms with Crippen molar-refractivity contribution in [3.8, 4) is 0 Å². The maximum absolute atomic E-state index is 12.9.